The lowest BCUT2D eigenvalue weighted by Gasteiger charge is -2.33. The van der Waals surface area contributed by atoms with Crippen LogP contribution in [0.4, 0.5) is 18.9 Å². The van der Waals surface area contributed by atoms with Crippen molar-refractivity contribution in [1.29, 1.82) is 0 Å². The minimum Gasteiger partial charge on any atom is -0.406 e. The van der Waals surface area contributed by atoms with Crippen LogP contribution in [0.25, 0.3) is 10.6 Å². The molecule has 3 aromatic rings. The molecule has 1 saturated heterocycles. The number of carbonyl (C=O) groups is 1. The van der Waals surface area contributed by atoms with E-state index in [1.165, 1.54) is 29.1 Å². The summed E-state index contributed by atoms with van der Waals surface area (Å²) in [4.78, 5) is 22.6. The van der Waals surface area contributed by atoms with Crippen molar-refractivity contribution in [2.24, 2.45) is 0 Å². The van der Waals surface area contributed by atoms with E-state index in [0.717, 1.165) is 43.4 Å². The van der Waals surface area contributed by atoms with Crippen molar-refractivity contribution in [3.8, 4) is 16.3 Å². The Labute approximate surface area is 191 Å². The van der Waals surface area contributed by atoms with Crippen LogP contribution in [-0.2, 0) is 11.3 Å². The minimum atomic E-state index is -4.74. The van der Waals surface area contributed by atoms with Crippen LogP contribution in [0.3, 0.4) is 0 Å². The molecule has 4 rings (SSSR count). The summed E-state index contributed by atoms with van der Waals surface area (Å²) >= 11 is 3.34. The average Bonchev–Trinajstić information content (AvgIpc) is 3.42. The Kier molecular flexibility index (Phi) is 7.09. The number of benzene rings is 1. The van der Waals surface area contributed by atoms with Gasteiger partial charge in [0.1, 0.15) is 10.8 Å². The molecule has 1 N–H and O–H groups in total. The first-order valence-corrected chi connectivity index (χ1v) is 11.7. The molecule has 1 aromatic carbocycles. The number of alkyl halides is 3. The maximum atomic E-state index is 12.3. The second-order valence-corrected chi connectivity index (χ2v) is 9.17. The monoisotopic (exact) mass is 482 g/mol. The summed E-state index contributed by atoms with van der Waals surface area (Å²) in [7, 11) is 0. The Balaban J connectivity index is 1.20. The van der Waals surface area contributed by atoms with Crippen LogP contribution in [0.5, 0.6) is 5.75 Å². The van der Waals surface area contributed by atoms with Crippen molar-refractivity contribution in [2.75, 3.05) is 38.0 Å². The third kappa shape index (κ3) is 6.52. The number of rotatable bonds is 7. The Morgan fingerprint density at radius 2 is 1.78 bits per heavy atom. The third-order valence-corrected chi connectivity index (χ3v) is 6.61. The number of nitrogens with one attached hydrogen (secondary N) is 1. The molecular formula is C21H21F3N4O2S2. The predicted molar refractivity (Wildman–Crippen MR) is 119 cm³/mol. The number of amides is 1. The van der Waals surface area contributed by atoms with Gasteiger partial charge in [0, 0.05) is 37.2 Å². The molecule has 0 unspecified atom stereocenters. The topological polar surface area (TPSA) is 57.7 Å². The molecule has 0 radical (unpaired) electrons. The summed E-state index contributed by atoms with van der Waals surface area (Å²) in [6, 6.07) is 9.20. The van der Waals surface area contributed by atoms with Gasteiger partial charge >= 0.3 is 6.36 Å². The first-order valence-electron chi connectivity index (χ1n) is 9.93. The van der Waals surface area contributed by atoms with Crippen LogP contribution in [0.2, 0.25) is 0 Å². The van der Waals surface area contributed by atoms with Gasteiger partial charge in [0.05, 0.1) is 23.7 Å². The molecule has 1 fully saturated rings. The molecule has 170 valence electrons. The molecule has 6 nitrogen and oxygen atoms in total. The molecular weight excluding hydrogens is 461 g/mol. The van der Waals surface area contributed by atoms with Gasteiger partial charge in [0.2, 0.25) is 5.91 Å². The molecule has 2 aromatic heterocycles. The van der Waals surface area contributed by atoms with Gasteiger partial charge in [-0.1, -0.05) is 6.07 Å². The molecule has 0 spiro atoms. The quantitative estimate of drug-likeness (QED) is 0.537. The highest BCUT2D eigenvalue weighted by Gasteiger charge is 2.31. The van der Waals surface area contributed by atoms with Gasteiger partial charge in [-0.15, -0.1) is 35.8 Å². The summed E-state index contributed by atoms with van der Waals surface area (Å²) in [6.45, 7) is 4.22. The number of halogens is 3. The molecule has 0 bridgehead atoms. The molecule has 11 heteroatoms. The second-order valence-electron chi connectivity index (χ2n) is 7.28. The van der Waals surface area contributed by atoms with Gasteiger partial charge in [0.25, 0.3) is 0 Å². The number of thiazole rings is 1. The highest BCUT2D eigenvalue weighted by Crippen LogP contribution is 2.27. The molecule has 1 aliphatic rings. The molecule has 3 heterocycles. The zero-order valence-electron chi connectivity index (χ0n) is 17.0. The van der Waals surface area contributed by atoms with Crippen molar-refractivity contribution < 1.29 is 22.7 Å². The summed E-state index contributed by atoms with van der Waals surface area (Å²) in [5.74, 6) is -0.530. The van der Waals surface area contributed by atoms with Crippen LogP contribution in [0.15, 0.2) is 47.2 Å². The smallest absolute Gasteiger partial charge is 0.406 e. The SMILES string of the molecule is O=C(CN1CCN(Cc2nc(-c3cccs3)cs2)CC1)Nc1ccc(OC(F)(F)F)cc1. The number of carbonyl (C=O) groups excluding carboxylic acids is 1. The van der Waals surface area contributed by atoms with Gasteiger partial charge in [-0.25, -0.2) is 4.98 Å². The maximum absolute atomic E-state index is 12.3. The first-order chi connectivity index (χ1) is 15.3. The Hall–Kier alpha value is -2.47. The van der Waals surface area contributed by atoms with Crippen molar-refractivity contribution in [1.82, 2.24) is 14.8 Å². The number of anilines is 1. The Morgan fingerprint density at radius 3 is 2.44 bits per heavy atom. The van der Waals surface area contributed by atoms with E-state index in [-0.39, 0.29) is 18.2 Å². The van der Waals surface area contributed by atoms with Gasteiger partial charge < -0.3 is 10.1 Å². The third-order valence-electron chi connectivity index (χ3n) is 4.89. The highest BCUT2D eigenvalue weighted by atomic mass is 32.1. The minimum absolute atomic E-state index is 0.205. The molecule has 32 heavy (non-hydrogen) atoms. The molecule has 0 aliphatic carbocycles. The number of piperazine rings is 1. The van der Waals surface area contributed by atoms with Crippen LogP contribution >= 0.6 is 22.7 Å². The lowest BCUT2D eigenvalue weighted by atomic mass is 10.3. The predicted octanol–water partition coefficient (Wildman–Crippen LogP) is 4.53. The molecule has 0 atom stereocenters. The van der Waals surface area contributed by atoms with E-state index in [0.29, 0.717) is 5.69 Å². The van der Waals surface area contributed by atoms with E-state index in [1.807, 2.05) is 11.4 Å². The lowest BCUT2D eigenvalue weighted by Crippen LogP contribution is -2.48. The zero-order chi connectivity index (χ0) is 22.6. The molecule has 0 saturated carbocycles. The molecule has 1 amide bonds. The van der Waals surface area contributed by atoms with E-state index in [9.17, 15) is 18.0 Å². The van der Waals surface area contributed by atoms with E-state index < -0.39 is 6.36 Å². The number of aromatic nitrogens is 1. The zero-order valence-corrected chi connectivity index (χ0v) is 18.6. The van der Waals surface area contributed by atoms with Crippen LogP contribution < -0.4 is 10.1 Å². The van der Waals surface area contributed by atoms with Crippen LogP contribution in [0.1, 0.15) is 5.01 Å². The van der Waals surface area contributed by atoms with E-state index >= 15 is 0 Å². The number of nitrogens with zero attached hydrogens (tertiary/aromatic N) is 3. The molecule has 1 aliphatic heterocycles. The maximum Gasteiger partial charge on any atom is 0.573 e. The fraction of sp³-hybridized carbons (Fsp3) is 0.333. The van der Waals surface area contributed by atoms with Gasteiger partial charge in [0.15, 0.2) is 0 Å². The van der Waals surface area contributed by atoms with Crippen LogP contribution in [0, 0.1) is 0 Å². The van der Waals surface area contributed by atoms with E-state index in [2.05, 4.69) is 31.3 Å². The second kappa shape index (κ2) is 9.99. The largest absolute Gasteiger partial charge is 0.573 e. The normalized spacial score (nSPS) is 15.6. The number of hydrogen-bond donors (Lipinski definition) is 1. The Bertz CT molecular complexity index is 1010. The van der Waals surface area contributed by atoms with Crippen molar-refractivity contribution in [3.63, 3.8) is 0 Å². The van der Waals surface area contributed by atoms with Crippen molar-refractivity contribution >= 4 is 34.3 Å². The standard InChI is InChI=1S/C21H21F3N4O2S2/c22-21(23,24)30-16-5-3-15(4-6-16)25-19(29)12-27-7-9-28(10-8-27)13-20-26-17(14-32-20)18-2-1-11-31-18/h1-6,11,14H,7-10,12-13H2,(H,25,29). The van der Waals surface area contributed by atoms with E-state index in [4.69, 9.17) is 4.98 Å². The van der Waals surface area contributed by atoms with Gasteiger partial charge in [-0.2, -0.15) is 0 Å². The number of ether oxygens (including phenoxy) is 1. The summed E-state index contributed by atoms with van der Waals surface area (Å²) < 4.78 is 40.5. The van der Waals surface area contributed by atoms with Gasteiger partial charge in [-0.05, 0) is 35.7 Å². The van der Waals surface area contributed by atoms with Crippen molar-refractivity contribution in [2.45, 2.75) is 12.9 Å². The van der Waals surface area contributed by atoms with E-state index in [1.54, 1.807) is 22.7 Å². The summed E-state index contributed by atoms with van der Waals surface area (Å²) in [5, 5.41) is 7.92. The van der Waals surface area contributed by atoms with Crippen LogP contribution in [-0.4, -0.2) is 59.8 Å². The van der Waals surface area contributed by atoms with Crippen molar-refractivity contribution in [3.05, 3.63) is 52.2 Å². The lowest BCUT2D eigenvalue weighted by molar-refractivity contribution is -0.274. The Morgan fingerprint density at radius 1 is 1.06 bits per heavy atom. The average molecular weight is 483 g/mol. The summed E-state index contributed by atoms with van der Waals surface area (Å²) in [5.41, 5.74) is 1.45. The first kappa shape index (κ1) is 22.7. The number of hydrogen-bond acceptors (Lipinski definition) is 7. The summed E-state index contributed by atoms with van der Waals surface area (Å²) in [6.07, 6.45) is -4.74. The highest BCUT2D eigenvalue weighted by molar-refractivity contribution is 7.14. The fourth-order valence-corrected chi connectivity index (χ4v) is 4.96. The number of thiophene rings is 1. The van der Waals surface area contributed by atoms with Gasteiger partial charge in [-0.3, -0.25) is 14.6 Å². The fourth-order valence-electron chi connectivity index (χ4n) is 3.36.